The summed E-state index contributed by atoms with van der Waals surface area (Å²) in [5.41, 5.74) is 3.14. The quantitative estimate of drug-likeness (QED) is 0.709. The molecule has 1 amide bonds. The van der Waals surface area contributed by atoms with Crippen LogP contribution in [0.4, 0.5) is 0 Å². The fraction of sp³-hybridized carbons (Fsp3) is 0.286. The van der Waals surface area contributed by atoms with E-state index in [1.54, 1.807) is 40.8 Å². The number of carbonyl (C=O) groups is 1. The summed E-state index contributed by atoms with van der Waals surface area (Å²) in [5, 5.41) is 0. The molecule has 2 aromatic carbocycles. The van der Waals surface area contributed by atoms with E-state index in [2.05, 4.69) is 11.9 Å². The van der Waals surface area contributed by atoms with Crippen molar-refractivity contribution < 1.29 is 4.79 Å². The van der Waals surface area contributed by atoms with Gasteiger partial charge < -0.3 is 9.47 Å². The molecule has 26 heavy (non-hydrogen) atoms. The summed E-state index contributed by atoms with van der Waals surface area (Å²) < 4.78 is 1.61. The SMILES string of the molecule is CCCCN(C)C(=O)c1ccc(-c2nc3ccccc3n(C)c2=O)cc1. The van der Waals surface area contributed by atoms with Crippen molar-refractivity contribution in [3.63, 3.8) is 0 Å². The number of nitrogens with zero attached hydrogens (tertiary/aromatic N) is 3. The van der Waals surface area contributed by atoms with Crippen LogP contribution >= 0.6 is 0 Å². The Hall–Kier alpha value is -2.95. The molecule has 1 heterocycles. The summed E-state index contributed by atoms with van der Waals surface area (Å²) in [6, 6.07) is 14.7. The first-order chi connectivity index (χ1) is 12.5. The highest BCUT2D eigenvalue weighted by Gasteiger charge is 2.14. The molecule has 0 saturated carbocycles. The minimum Gasteiger partial charge on any atom is -0.342 e. The highest BCUT2D eigenvalue weighted by atomic mass is 16.2. The Labute approximate surface area is 152 Å². The van der Waals surface area contributed by atoms with Gasteiger partial charge in [0.1, 0.15) is 5.69 Å². The molecule has 0 aliphatic carbocycles. The minimum absolute atomic E-state index is 0.00984. The number of unbranched alkanes of at least 4 members (excludes halogenated alkanes) is 1. The number of carbonyl (C=O) groups excluding carboxylic acids is 1. The van der Waals surface area contributed by atoms with Crippen LogP contribution in [0.5, 0.6) is 0 Å². The van der Waals surface area contributed by atoms with E-state index in [1.807, 2.05) is 31.3 Å². The Morgan fingerprint density at radius 1 is 1.12 bits per heavy atom. The van der Waals surface area contributed by atoms with Gasteiger partial charge in [0.2, 0.25) is 0 Å². The number of fused-ring (bicyclic) bond motifs is 1. The molecule has 1 aromatic heterocycles. The third-order valence-electron chi connectivity index (χ3n) is 4.58. The van der Waals surface area contributed by atoms with Crippen LogP contribution in [0.25, 0.3) is 22.3 Å². The number of hydrogen-bond donors (Lipinski definition) is 0. The minimum atomic E-state index is -0.150. The average Bonchev–Trinajstić information content (AvgIpc) is 2.68. The van der Waals surface area contributed by atoms with E-state index in [1.165, 1.54) is 0 Å². The van der Waals surface area contributed by atoms with Crippen molar-refractivity contribution in [2.45, 2.75) is 19.8 Å². The topological polar surface area (TPSA) is 55.2 Å². The van der Waals surface area contributed by atoms with Gasteiger partial charge in [0, 0.05) is 31.8 Å². The van der Waals surface area contributed by atoms with Crippen LogP contribution in [0.2, 0.25) is 0 Å². The molecule has 5 heteroatoms. The van der Waals surface area contributed by atoms with E-state index in [0.29, 0.717) is 16.8 Å². The maximum absolute atomic E-state index is 12.7. The number of amides is 1. The third-order valence-corrected chi connectivity index (χ3v) is 4.58. The zero-order chi connectivity index (χ0) is 18.7. The van der Waals surface area contributed by atoms with E-state index in [-0.39, 0.29) is 11.5 Å². The number of rotatable bonds is 5. The molecule has 0 saturated heterocycles. The standard InChI is InChI=1S/C21H23N3O2/c1-4-5-14-23(2)20(25)16-12-10-15(11-13-16)19-21(26)24(3)18-9-7-6-8-17(18)22-19/h6-13H,4-5,14H2,1-3H3. The molecule has 0 N–H and O–H groups in total. The molecule has 0 atom stereocenters. The Morgan fingerprint density at radius 2 is 1.81 bits per heavy atom. The second-order valence-corrected chi connectivity index (χ2v) is 6.47. The van der Waals surface area contributed by atoms with Crippen molar-refractivity contribution in [1.29, 1.82) is 0 Å². The third kappa shape index (κ3) is 3.38. The smallest absolute Gasteiger partial charge is 0.277 e. The Kier molecular flexibility index (Phi) is 5.16. The fourth-order valence-corrected chi connectivity index (χ4v) is 2.95. The lowest BCUT2D eigenvalue weighted by Crippen LogP contribution is -2.27. The van der Waals surface area contributed by atoms with Crippen LogP contribution < -0.4 is 5.56 Å². The van der Waals surface area contributed by atoms with Crippen LogP contribution in [0.1, 0.15) is 30.1 Å². The molecule has 0 bridgehead atoms. The largest absolute Gasteiger partial charge is 0.342 e. The van der Waals surface area contributed by atoms with Crippen LogP contribution in [-0.4, -0.2) is 34.0 Å². The van der Waals surface area contributed by atoms with Crippen LogP contribution in [0, 0.1) is 0 Å². The van der Waals surface area contributed by atoms with Gasteiger partial charge in [-0.15, -0.1) is 0 Å². The normalized spacial score (nSPS) is 10.9. The predicted molar refractivity (Wildman–Crippen MR) is 104 cm³/mol. The first-order valence-electron chi connectivity index (χ1n) is 8.84. The number of aromatic nitrogens is 2. The van der Waals surface area contributed by atoms with E-state index in [9.17, 15) is 9.59 Å². The molecule has 3 aromatic rings. The summed E-state index contributed by atoms with van der Waals surface area (Å²) in [7, 11) is 3.56. The molecular formula is C21H23N3O2. The van der Waals surface area contributed by atoms with E-state index < -0.39 is 0 Å². The number of aryl methyl sites for hydroxylation is 1. The Balaban J connectivity index is 1.94. The summed E-state index contributed by atoms with van der Waals surface area (Å²) in [6.45, 7) is 2.84. The lowest BCUT2D eigenvalue weighted by Gasteiger charge is -2.16. The fourth-order valence-electron chi connectivity index (χ4n) is 2.95. The second-order valence-electron chi connectivity index (χ2n) is 6.47. The maximum Gasteiger partial charge on any atom is 0.277 e. The second kappa shape index (κ2) is 7.52. The molecular weight excluding hydrogens is 326 g/mol. The van der Waals surface area contributed by atoms with Crippen molar-refractivity contribution >= 4 is 16.9 Å². The molecule has 134 valence electrons. The van der Waals surface area contributed by atoms with Gasteiger partial charge in [-0.25, -0.2) is 4.98 Å². The van der Waals surface area contributed by atoms with Crippen molar-refractivity contribution in [3.8, 4) is 11.3 Å². The van der Waals surface area contributed by atoms with Gasteiger partial charge in [-0.05, 0) is 30.7 Å². The molecule has 0 unspecified atom stereocenters. The monoisotopic (exact) mass is 349 g/mol. The molecule has 0 aliphatic heterocycles. The summed E-state index contributed by atoms with van der Waals surface area (Å²) >= 11 is 0. The number of hydrogen-bond acceptors (Lipinski definition) is 3. The lowest BCUT2D eigenvalue weighted by molar-refractivity contribution is 0.0793. The maximum atomic E-state index is 12.7. The van der Waals surface area contributed by atoms with E-state index >= 15 is 0 Å². The zero-order valence-corrected chi connectivity index (χ0v) is 15.4. The summed E-state index contributed by atoms with van der Waals surface area (Å²) in [6.07, 6.45) is 2.03. The van der Waals surface area contributed by atoms with Crippen LogP contribution in [0.3, 0.4) is 0 Å². The number of benzene rings is 2. The van der Waals surface area contributed by atoms with Crippen LogP contribution in [0.15, 0.2) is 53.3 Å². The van der Waals surface area contributed by atoms with Gasteiger partial charge in [-0.2, -0.15) is 0 Å². The average molecular weight is 349 g/mol. The van der Waals surface area contributed by atoms with Crippen molar-refractivity contribution in [2.24, 2.45) is 7.05 Å². The highest BCUT2D eigenvalue weighted by molar-refractivity contribution is 5.94. The zero-order valence-electron chi connectivity index (χ0n) is 15.4. The molecule has 0 fully saturated rings. The van der Waals surface area contributed by atoms with E-state index in [0.717, 1.165) is 30.4 Å². The van der Waals surface area contributed by atoms with Gasteiger partial charge in [0.05, 0.1) is 11.0 Å². The highest BCUT2D eigenvalue weighted by Crippen LogP contribution is 2.18. The molecule has 3 rings (SSSR count). The summed E-state index contributed by atoms with van der Waals surface area (Å²) in [4.78, 5) is 31.3. The first-order valence-corrected chi connectivity index (χ1v) is 8.84. The first kappa shape index (κ1) is 17.9. The number of para-hydroxylation sites is 2. The lowest BCUT2D eigenvalue weighted by atomic mass is 10.1. The molecule has 5 nitrogen and oxygen atoms in total. The van der Waals surface area contributed by atoms with E-state index in [4.69, 9.17) is 0 Å². The van der Waals surface area contributed by atoms with Gasteiger partial charge in [-0.3, -0.25) is 9.59 Å². The van der Waals surface area contributed by atoms with Gasteiger partial charge >= 0.3 is 0 Å². The van der Waals surface area contributed by atoms with Gasteiger partial charge in [-0.1, -0.05) is 37.6 Å². The summed E-state index contributed by atoms with van der Waals surface area (Å²) in [5.74, 6) is -0.00984. The van der Waals surface area contributed by atoms with Gasteiger partial charge in [0.15, 0.2) is 0 Å². The van der Waals surface area contributed by atoms with Crippen molar-refractivity contribution in [1.82, 2.24) is 14.5 Å². The molecule has 0 spiro atoms. The predicted octanol–water partition coefficient (Wildman–Crippen LogP) is 3.47. The van der Waals surface area contributed by atoms with Gasteiger partial charge in [0.25, 0.3) is 11.5 Å². The Bertz CT molecular complexity index is 990. The van der Waals surface area contributed by atoms with Crippen LogP contribution in [-0.2, 0) is 7.05 Å². The molecule has 0 aliphatic rings. The van der Waals surface area contributed by atoms with Crippen molar-refractivity contribution in [3.05, 3.63) is 64.4 Å². The molecule has 0 radical (unpaired) electrons. The van der Waals surface area contributed by atoms with Crippen molar-refractivity contribution in [2.75, 3.05) is 13.6 Å². The Morgan fingerprint density at radius 3 is 2.50 bits per heavy atom.